The zero-order valence-electron chi connectivity index (χ0n) is 10.7. The van der Waals surface area contributed by atoms with Crippen LogP contribution in [0.1, 0.15) is 40.3 Å². The first kappa shape index (κ1) is 13.5. The van der Waals surface area contributed by atoms with E-state index in [1.807, 2.05) is 13.8 Å². The monoisotopic (exact) mass is 270 g/mol. The molecular weight excluding hydrogens is 252 g/mol. The van der Waals surface area contributed by atoms with Crippen molar-refractivity contribution < 1.29 is 14.3 Å². The van der Waals surface area contributed by atoms with Crippen LogP contribution in [0.25, 0.3) is 0 Å². The molecule has 100 valence electrons. The first-order valence-electron chi connectivity index (χ1n) is 6.24. The maximum absolute atomic E-state index is 11.8. The second-order valence-corrected chi connectivity index (χ2v) is 5.01. The molecule has 1 aromatic rings. The van der Waals surface area contributed by atoms with E-state index in [4.69, 9.17) is 9.47 Å². The van der Waals surface area contributed by atoms with Gasteiger partial charge in [0.1, 0.15) is 9.88 Å². The lowest BCUT2D eigenvalue weighted by molar-refractivity contribution is 0.0530. The molecule has 0 saturated carbocycles. The van der Waals surface area contributed by atoms with E-state index >= 15 is 0 Å². The van der Waals surface area contributed by atoms with Crippen molar-refractivity contribution in [3.05, 3.63) is 15.6 Å². The van der Waals surface area contributed by atoms with Gasteiger partial charge in [0, 0.05) is 6.54 Å². The van der Waals surface area contributed by atoms with Gasteiger partial charge >= 0.3 is 5.97 Å². The maximum atomic E-state index is 11.8. The number of carbonyl (C=O) groups excluding carboxylic acids is 1. The third-order valence-corrected chi connectivity index (χ3v) is 3.92. The van der Waals surface area contributed by atoms with Crippen molar-refractivity contribution in [3.8, 4) is 0 Å². The highest BCUT2D eigenvalue weighted by atomic mass is 32.1. The van der Waals surface area contributed by atoms with Gasteiger partial charge in [0.15, 0.2) is 0 Å². The lowest BCUT2D eigenvalue weighted by Crippen LogP contribution is -2.34. The van der Waals surface area contributed by atoms with Gasteiger partial charge in [-0.25, -0.2) is 9.78 Å². The van der Waals surface area contributed by atoms with Gasteiger partial charge in [0.2, 0.25) is 0 Å². The van der Waals surface area contributed by atoms with E-state index in [1.54, 1.807) is 0 Å². The third-order valence-electron chi connectivity index (χ3n) is 2.73. The number of thiazole rings is 1. The van der Waals surface area contributed by atoms with Crippen LogP contribution >= 0.6 is 11.3 Å². The van der Waals surface area contributed by atoms with Crippen molar-refractivity contribution >= 4 is 17.3 Å². The number of hydrogen-bond donors (Lipinski definition) is 1. The molecule has 2 heterocycles. The van der Waals surface area contributed by atoms with Crippen molar-refractivity contribution in [2.24, 2.45) is 0 Å². The molecule has 1 fully saturated rings. The van der Waals surface area contributed by atoms with Crippen LogP contribution in [0.2, 0.25) is 0 Å². The molecule has 0 amide bonds. The van der Waals surface area contributed by atoms with Crippen LogP contribution < -0.4 is 5.32 Å². The zero-order chi connectivity index (χ0) is 13.0. The number of morpholine rings is 1. The van der Waals surface area contributed by atoms with Gasteiger partial charge in [-0.3, -0.25) is 0 Å². The fourth-order valence-corrected chi connectivity index (χ4v) is 2.95. The number of rotatable bonds is 4. The molecule has 6 heteroatoms. The molecule has 0 spiro atoms. The molecule has 1 aliphatic heterocycles. The summed E-state index contributed by atoms with van der Waals surface area (Å²) < 4.78 is 10.5. The van der Waals surface area contributed by atoms with Crippen LogP contribution in [0.3, 0.4) is 0 Å². The van der Waals surface area contributed by atoms with Crippen LogP contribution in [0, 0.1) is 0 Å². The fraction of sp³-hybridized carbons (Fsp3) is 0.667. The molecule has 18 heavy (non-hydrogen) atoms. The predicted molar refractivity (Wildman–Crippen MR) is 69.0 cm³/mol. The largest absolute Gasteiger partial charge is 0.462 e. The van der Waals surface area contributed by atoms with Crippen molar-refractivity contribution in [3.63, 3.8) is 0 Å². The standard InChI is InChI=1S/C12H18N2O3S/c1-3-8-10(12(15)17-4-2)18-11(14-8)9-7-16-6-5-13-9/h9,13H,3-7H2,1-2H3. The Morgan fingerprint density at radius 3 is 3.06 bits per heavy atom. The predicted octanol–water partition coefficient (Wildman–Crippen LogP) is 1.54. The Hall–Kier alpha value is -0.980. The number of nitrogens with one attached hydrogen (secondary N) is 1. The minimum Gasteiger partial charge on any atom is -0.462 e. The van der Waals surface area contributed by atoms with Crippen molar-refractivity contribution in [1.82, 2.24) is 10.3 Å². The van der Waals surface area contributed by atoms with Crippen LogP contribution in [-0.4, -0.2) is 37.3 Å². The van der Waals surface area contributed by atoms with E-state index < -0.39 is 0 Å². The molecule has 1 aromatic heterocycles. The van der Waals surface area contributed by atoms with Crippen LogP contribution in [0.4, 0.5) is 0 Å². The topological polar surface area (TPSA) is 60.5 Å². The minimum absolute atomic E-state index is 0.0947. The Morgan fingerprint density at radius 2 is 2.44 bits per heavy atom. The summed E-state index contributed by atoms with van der Waals surface area (Å²) in [6, 6.07) is 0.0947. The maximum Gasteiger partial charge on any atom is 0.350 e. The van der Waals surface area contributed by atoms with Crippen LogP contribution in [-0.2, 0) is 15.9 Å². The van der Waals surface area contributed by atoms with Crippen molar-refractivity contribution in [2.45, 2.75) is 26.3 Å². The summed E-state index contributed by atoms with van der Waals surface area (Å²) in [5.74, 6) is -0.269. The molecule has 0 bridgehead atoms. The Bertz CT molecular complexity index is 413. The van der Waals surface area contributed by atoms with Crippen LogP contribution in [0.5, 0.6) is 0 Å². The SMILES string of the molecule is CCOC(=O)c1sc(C2COCCN2)nc1CC. The van der Waals surface area contributed by atoms with E-state index in [2.05, 4.69) is 10.3 Å². The van der Waals surface area contributed by atoms with Gasteiger partial charge in [0.05, 0.1) is 31.6 Å². The smallest absolute Gasteiger partial charge is 0.350 e. The minimum atomic E-state index is -0.269. The first-order valence-corrected chi connectivity index (χ1v) is 7.05. The highest BCUT2D eigenvalue weighted by Crippen LogP contribution is 2.26. The van der Waals surface area contributed by atoms with Gasteiger partial charge in [0.25, 0.3) is 0 Å². The molecule has 2 rings (SSSR count). The second-order valence-electron chi connectivity index (χ2n) is 3.98. The highest BCUT2D eigenvalue weighted by molar-refractivity contribution is 7.13. The normalized spacial score (nSPS) is 19.8. The third kappa shape index (κ3) is 2.88. The first-order chi connectivity index (χ1) is 8.76. The van der Waals surface area contributed by atoms with Crippen molar-refractivity contribution in [2.75, 3.05) is 26.4 Å². The summed E-state index contributed by atoms with van der Waals surface area (Å²) in [5, 5.41) is 4.25. The molecule has 0 aromatic carbocycles. The number of aryl methyl sites for hydroxylation is 1. The summed E-state index contributed by atoms with van der Waals surface area (Å²) in [6.07, 6.45) is 0.734. The number of esters is 1. The summed E-state index contributed by atoms with van der Waals surface area (Å²) in [6.45, 7) is 6.35. The van der Waals surface area contributed by atoms with E-state index in [-0.39, 0.29) is 12.0 Å². The molecule has 1 N–H and O–H groups in total. The number of hydrogen-bond acceptors (Lipinski definition) is 6. The number of carbonyl (C=O) groups is 1. The quantitative estimate of drug-likeness (QED) is 0.841. The summed E-state index contributed by atoms with van der Waals surface area (Å²) in [5.41, 5.74) is 0.820. The van der Waals surface area contributed by atoms with Gasteiger partial charge in [-0.2, -0.15) is 0 Å². The Labute approximate surface area is 111 Å². The molecule has 1 aliphatic rings. The summed E-state index contributed by atoms with van der Waals surface area (Å²) >= 11 is 1.41. The van der Waals surface area contributed by atoms with E-state index in [1.165, 1.54) is 11.3 Å². The Kier molecular flexibility index (Phi) is 4.68. The molecule has 5 nitrogen and oxygen atoms in total. The molecule has 0 aliphatic carbocycles. The molecule has 1 atom stereocenters. The van der Waals surface area contributed by atoms with E-state index in [9.17, 15) is 4.79 Å². The highest BCUT2D eigenvalue weighted by Gasteiger charge is 2.24. The number of ether oxygens (including phenoxy) is 2. The molecule has 0 radical (unpaired) electrons. The van der Waals surface area contributed by atoms with Crippen LogP contribution in [0.15, 0.2) is 0 Å². The van der Waals surface area contributed by atoms with Gasteiger partial charge < -0.3 is 14.8 Å². The van der Waals surface area contributed by atoms with Crippen molar-refractivity contribution in [1.29, 1.82) is 0 Å². The Morgan fingerprint density at radius 1 is 1.61 bits per heavy atom. The zero-order valence-corrected chi connectivity index (χ0v) is 11.5. The van der Waals surface area contributed by atoms with E-state index in [0.29, 0.717) is 18.1 Å². The van der Waals surface area contributed by atoms with Gasteiger partial charge in [-0.05, 0) is 13.3 Å². The average molecular weight is 270 g/mol. The summed E-state index contributed by atoms with van der Waals surface area (Å²) in [4.78, 5) is 17.0. The lowest BCUT2D eigenvalue weighted by atomic mass is 10.2. The number of nitrogens with zero attached hydrogens (tertiary/aromatic N) is 1. The average Bonchev–Trinajstić information content (AvgIpc) is 2.84. The molecular formula is C12H18N2O3S. The van der Waals surface area contributed by atoms with Gasteiger partial charge in [-0.1, -0.05) is 6.92 Å². The fourth-order valence-electron chi connectivity index (χ4n) is 1.84. The van der Waals surface area contributed by atoms with E-state index in [0.717, 1.165) is 30.3 Å². The van der Waals surface area contributed by atoms with Gasteiger partial charge in [-0.15, -0.1) is 11.3 Å². The number of aromatic nitrogens is 1. The second kappa shape index (κ2) is 6.26. The Balaban J connectivity index is 2.19. The lowest BCUT2D eigenvalue weighted by Gasteiger charge is -2.21. The molecule has 1 unspecified atom stereocenters. The molecule has 1 saturated heterocycles. The summed E-state index contributed by atoms with van der Waals surface area (Å²) in [7, 11) is 0.